The first-order chi connectivity index (χ1) is 8.69. The molecule has 1 heterocycles. The largest absolute Gasteiger partial charge is 0.497 e. The second kappa shape index (κ2) is 5.64. The first kappa shape index (κ1) is 12.6. The molecule has 2 rings (SSSR count). The summed E-state index contributed by atoms with van der Waals surface area (Å²) in [7, 11) is 1.60. The molecule has 5 heteroatoms. The van der Waals surface area contributed by atoms with Gasteiger partial charge in [0.15, 0.2) is 0 Å². The minimum absolute atomic E-state index is 0.106. The van der Waals surface area contributed by atoms with Gasteiger partial charge < -0.3 is 10.1 Å². The van der Waals surface area contributed by atoms with Crippen molar-refractivity contribution < 1.29 is 9.53 Å². The molecule has 4 nitrogen and oxygen atoms in total. The fraction of sp³-hybridized carbons (Fsp3) is 0.231. The van der Waals surface area contributed by atoms with Gasteiger partial charge in [0.05, 0.1) is 13.7 Å². The highest BCUT2D eigenvalue weighted by Crippen LogP contribution is 2.12. The SMILES string of the molecule is COc1ccc(C(=O)NCc2nc(C)cs2)cc1. The second-order valence-electron chi connectivity index (χ2n) is 3.79. The Morgan fingerprint density at radius 3 is 2.67 bits per heavy atom. The topological polar surface area (TPSA) is 51.2 Å². The summed E-state index contributed by atoms with van der Waals surface area (Å²) in [6.45, 7) is 2.40. The second-order valence-corrected chi connectivity index (χ2v) is 4.74. The van der Waals surface area contributed by atoms with Gasteiger partial charge in [-0.25, -0.2) is 4.98 Å². The van der Waals surface area contributed by atoms with E-state index in [9.17, 15) is 4.79 Å². The Hall–Kier alpha value is -1.88. The third kappa shape index (κ3) is 3.07. The predicted octanol–water partition coefficient (Wildman–Crippen LogP) is 2.39. The molecular weight excluding hydrogens is 248 g/mol. The van der Waals surface area contributed by atoms with Crippen LogP contribution in [0.25, 0.3) is 0 Å². The molecule has 0 bridgehead atoms. The lowest BCUT2D eigenvalue weighted by molar-refractivity contribution is 0.0951. The molecule has 1 aromatic heterocycles. The van der Waals surface area contributed by atoms with Crippen LogP contribution in [0.3, 0.4) is 0 Å². The summed E-state index contributed by atoms with van der Waals surface area (Å²) in [5.74, 6) is 0.632. The van der Waals surface area contributed by atoms with E-state index in [1.165, 1.54) is 0 Å². The maximum Gasteiger partial charge on any atom is 0.251 e. The van der Waals surface area contributed by atoms with Crippen molar-refractivity contribution in [1.29, 1.82) is 0 Å². The molecule has 0 saturated heterocycles. The molecule has 0 aliphatic carbocycles. The molecule has 0 unspecified atom stereocenters. The van der Waals surface area contributed by atoms with Crippen LogP contribution in [0.1, 0.15) is 21.1 Å². The molecule has 1 aromatic carbocycles. The molecule has 18 heavy (non-hydrogen) atoms. The smallest absolute Gasteiger partial charge is 0.251 e. The molecule has 1 N–H and O–H groups in total. The summed E-state index contributed by atoms with van der Waals surface area (Å²) in [5, 5.41) is 5.71. The highest BCUT2D eigenvalue weighted by Gasteiger charge is 2.06. The fourth-order valence-corrected chi connectivity index (χ4v) is 2.20. The molecule has 1 amide bonds. The van der Waals surface area contributed by atoms with E-state index in [0.717, 1.165) is 16.5 Å². The van der Waals surface area contributed by atoms with Crippen molar-refractivity contribution in [2.45, 2.75) is 13.5 Å². The number of carbonyl (C=O) groups excluding carboxylic acids is 1. The van der Waals surface area contributed by atoms with E-state index in [1.807, 2.05) is 12.3 Å². The lowest BCUT2D eigenvalue weighted by Gasteiger charge is -2.04. The summed E-state index contributed by atoms with van der Waals surface area (Å²) in [5.41, 5.74) is 1.60. The van der Waals surface area contributed by atoms with Crippen molar-refractivity contribution in [2.24, 2.45) is 0 Å². The van der Waals surface area contributed by atoms with Crippen molar-refractivity contribution in [2.75, 3.05) is 7.11 Å². The molecule has 0 atom stereocenters. The number of amides is 1. The molecule has 0 radical (unpaired) electrons. The monoisotopic (exact) mass is 262 g/mol. The summed E-state index contributed by atoms with van der Waals surface area (Å²) in [6.07, 6.45) is 0. The summed E-state index contributed by atoms with van der Waals surface area (Å²) >= 11 is 1.55. The summed E-state index contributed by atoms with van der Waals surface area (Å²) < 4.78 is 5.04. The van der Waals surface area contributed by atoms with E-state index < -0.39 is 0 Å². The molecular formula is C13H14N2O2S. The third-order valence-electron chi connectivity index (χ3n) is 2.42. The zero-order chi connectivity index (χ0) is 13.0. The van der Waals surface area contributed by atoms with Gasteiger partial charge in [-0.3, -0.25) is 4.79 Å². The highest BCUT2D eigenvalue weighted by atomic mass is 32.1. The molecule has 0 aliphatic heterocycles. The number of thiazole rings is 1. The van der Waals surface area contributed by atoms with Crippen LogP contribution in [0.5, 0.6) is 5.75 Å². The van der Waals surface area contributed by atoms with Crippen LogP contribution < -0.4 is 10.1 Å². The van der Waals surface area contributed by atoms with Gasteiger partial charge in [-0.15, -0.1) is 11.3 Å². The van der Waals surface area contributed by atoms with E-state index in [0.29, 0.717) is 12.1 Å². The van der Waals surface area contributed by atoms with E-state index in [-0.39, 0.29) is 5.91 Å². The number of ether oxygens (including phenoxy) is 1. The third-order valence-corrected chi connectivity index (χ3v) is 3.39. The summed E-state index contributed by atoms with van der Waals surface area (Å²) in [4.78, 5) is 16.1. The van der Waals surface area contributed by atoms with Crippen molar-refractivity contribution >= 4 is 17.2 Å². The number of nitrogens with one attached hydrogen (secondary N) is 1. The highest BCUT2D eigenvalue weighted by molar-refractivity contribution is 7.09. The zero-order valence-corrected chi connectivity index (χ0v) is 11.1. The van der Waals surface area contributed by atoms with Gasteiger partial charge >= 0.3 is 0 Å². The van der Waals surface area contributed by atoms with Crippen LogP contribution in [0, 0.1) is 6.92 Å². The van der Waals surface area contributed by atoms with Gasteiger partial charge in [0.2, 0.25) is 0 Å². The first-order valence-corrected chi connectivity index (χ1v) is 6.40. The molecule has 0 fully saturated rings. The van der Waals surface area contributed by atoms with E-state index in [4.69, 9.17) is 4.74 Å². The van der Waals surface area contributed by atoms with E-state index >= 15 is 0 Å². The van der Waals surface area contributed by atoms with Crippen molar-refractivity contribution in [3.8, 4) is 5.75 Å². The van der Waals surface area contributed by atoms with Crippen molar-refractivity contribution in [3.05, 3.63) is 45.9 Å². The van der Waals surface area contributed by atoms with Gasteiger partial charge in [-0.05, 0) is 31.2 Å². The Bertz CT molecular complexity index is 534. The van der Waals surface area contributed by atoms with Gasteiger partial charge in [0, 0.05) is 16.6 Å². The Morgan fingerprint density at radius 1 is 1.39 bits per heavy atom. The van der Waals surface area contributed by atoms with Gasteiger partial charge in [-0.2, -0.15) is 0 Å². The molecule has 0 saturated carbocycles. The lowest BCUT2D eigenvalue weighted by Crippen LogP contribution is -2.22. The number of methoxy groups -OCH3 is 1. The average Bonchev–Trinajstić information content (AvgIpc) is 2.82. The molecule has 94 valence electrons. The van der Waals surface area contributed by atoms with Crippen LogP contribution in [-0.4, -0.2) is 18.0 Å². The van der Waals surface area contributed by atoms with E-state index in [1.54, 1.807) is 42.7 Å². The van der Waals surface area contributed by atoms with Gasteiger partial charge in [-0.1, -0.05) is 0 Å². The Kier molecular flexibility index (Phi) is 3.94. The Labute approximate surface area is 110 Å². The van der Waals surface area contributed by atoms with Crippen LogP contribution in [0.15, 0.2) is 29.6 Å². The minimum atomic E-state index is -0.106. The number of aromatic nitrogens is 1. The van der Waals surface area contributed by atoms with Crippen LogP contribution in [-0.2, 0) is 6.54 Å². The van der Waals surface area contributed by atoms with Gasteiger partial charge in [0.1, 0.15) is 10.8 Å². The standard InChI is InChI=1S/C13H14N2O2S/c1-9-8-18-12(15-9)7-14-13(16)10-3-5-11(17-2)6-4-10/h3-6,8H,7H2,1-2H3,(H,14,16). The Morgan fingerprint density at radius 2 is 2.11 bits per heavy atom. The van der Waals surface area contributed by atoms with Crippen LogP contribution in [0.4, 0.5) is 0 Å². The number of hydrogen-bond acceptors (Lipinski definition) is 4. The quantitative estimate of drug-likeness (QED) is 0.920. The Balaban J connectivity index is 1.94. The van der Waals surface area contributed by atoms with Crippen LogP contribution >= 0.6 is 11.3 Å². The molecule has 2 aromatic rings. The van der Waals surface area contributed by atoms with Crippen LogP contribution in [0.2, 0.25) is 0 Å². The lowest BCUT2D eigenvalue weighted by atomic mass is 10.2. The average molecular weight is 262 g/mol. The predicted molar refractivity (Wildman–Crippen MR) is 71.0 cm³/mol. The normalized spacial score (nSPS) is 10.1. The van der Waals surface area contributed by atoms with Crippen molar-refractivity contribution in [3.63, 3.8) is 0 Å². The first-order valence-electron chi connectivity index (χ1n) is 5.52. The molecule has 0 spiro atoms. The number of carbonyl (C=O) groups is 1. The maximum atomic E-state index is 11.8. The van der Waals surface area contributed by atoms with E-state index in [2.05, 4.69) is 10.3 Å². The number of nitrogens with zero attached hydrogens (tertiary/aromatic N) is 1. The maximum absolute atomic E-state index is 11.8. The van der Waals surface area contributed by atoms with Crippen molar-refractivity contribution in [1.82, 2.24) is 10.3 Å². The fourth-order valence-electron chi connectivity index (χ4n) is 1.48. The zero-order valence-electron chi connectivity index (χ0n) is 10.3. The molecule has 0 aliphatic rings. The van der Waals surface area contributed by atoms with Gasteiger partial charge in [0.25, 0.3) is 5.91 Å². The number of aryl methyl sites for hydroxylation is 1. The number of benzene rings is 1. The minimum Gasteiger partial charge on any atom is -0.497 e. The number of rotatable bonds is 4. The summed E-state index contributed by atoms with van der Waals surface area (Å²) in [6, 6.07) is 7.01. The number of hydrogen-bond donors (Lipinski definition) is 1.